The standard InChI is InChI=1S/C21H20N4OS/c1-3-16-10-7-11-18-19(16)23-21(27-18)25(14-15-8-5-4-6-9-15)20(26)17-12-13-22-24(17)2/h4-13H,3,14H2,1-2H3. The predicted molar refractivity (Wildman–Crippen MR) is 109 cm³/mol. The van der Waals surface area contributed by atoms with Crippen LogP contribution in [0.15, 0.2) is 60.8 Å². The number of benzene rings is 2. The quantitative estimate of drug-likeness (QED) is 0.517. The number of carbonyl (C=O) groups excluding carboxylic acids is 1. The maximum Gasteiger partial charge on any atom is 0.278 e. The van der Waals surface area contributed by atoms with Crippen molar-refractivity contribution in [3.05, 3.63) is 77.6 Å². The maximum absolute atomic E-state index is 13.3. The number of rotatable bonds is 5. The topological polar surface area (TPSA) is 51.0 Å². The zero-order valence-electron chi connectivity index (χ0n) is 15.3. The van der Waals surface area contributed by atoms with Gasteiger partial charge in [0.1, 0.15) is 5.69 Å². The van der Waals surface area contributed by atoms with Gasteiger partial charge in [0.15, 0.2) is 5.13 Å². The Hall–Kier alpha value is -2.99. The lowest BCUT2D eigenvalue weighted by atomic mass is 10.1. The summed E-state index contributed by atoms with van der Waals surface area (Å²) in [5.41, 5.74) is 3.78. The molecule has 0 N–H and O–H groups in total. The molecule has 2 aromatic heterocycles. The highest BCUT2D eigenvalue weighted by Gasteiger charge is 2.24. The number of fused-ring (bicyclic) bond motifs is 1. The molecule has 2 aromatic carbocycles. The van der Waals surface area contributed by atoms with Crippen molar-refractivity contribution in [1.82, 2.24) is 14.8 Å². The zero-order chi connectivity index (χ0) is 18.8. The van der Waals surface area contributed by atoms with E-state index in [9.17, 15) is 4.79 Å². The second-order valence-corrected chi connectivity index (χ2v) is 7.34. The second kappa shape index (κ2) is 7.32. The lowest BCUT2D eigenvalue weighted by Crippen LogP contribution is -2.31. The van der Waals surface area contributed by atoms with E-state index in [2.05, 4.69) is 24.2 Å². The van der Waals surface area contributed by atoms with Crippen LogP contribution in [0.5, 0.6) is 0 Å². The number of hydrogen-bond acceptors (Lipinski definition) is 4. The third-order valence-electron chi connectivity index (χ3n) is 4.57. The molecule has 0 aliphatic heterocycles. The van der Waals surface area contributed by atoms with Crippen LogP contribution in [-0.2, 0) is 20.0 Å². The molecule has 0 saturated heterocycles. The summed E-state index contributed by atoms with van der Waals surface area (Å²) in [6, 6.07) is 17.9. The molecule has 0 saturated carbocycles. The number of nitrogens with zero attached hydrogens (tertiary/aromatic N) is 4. The van der Waals surface area contributed by atoms with E-state index in [0.29, 0.717) is 17.4 Å². The molecule has 0 fully saturated rings. The third-order valence-corrected chi connectivity index (χ3v) is 5.62. The number of thiazole rings is 1. The molecule has 27 heavy (non-hydrogen) atoms. The molecule has 0 aliphatic rings. The van der Waals surface area contributed by atoms with Crippen LogP contribution >= 0.6 is 11.3 Å². The molecular formula is C21H20N4OS. The summed E-state index contributed by atoms with van der Waals surface area (Å²) in [7, 11) is 1.78. The number of hydrogen-bond donors (Lipinski definition) is 0. The molecule has 0 aliphatic carbocycles. The van der Waals surface area contributed by atoms with Crippen molar-refractivity contribution >= 4 is 32.6 Å². The van der Waals surface area contributed by atoms with Crippen molar-refractivity contribution in [2.45, 2.75) is 19.9 Å². The van der Waals surface area contributed by atoms with Gasteiger partial charge >= 0.3 is 0 Å². The number of amides is 1. The van der Waals surface area contributed by atoms with Crippen molar-refractivity contribution in [2.24, 2.45) is 7.05 Å². The number of aryl methyl sites for hydroxylation is 2. The normalized spacial score (nSPS) is 11.0. The molecule has 2 heterocycles. The summed E-state index contributed by atoms with van der Waals surface area (Å²) in [5, 5.41) is 4.85. The SMILES string of the molecule is CCc1cccc2sc(N(Cc3ccccc3)C(=O)c3ccnn3C)nc12. The minimum Gasteiger partial charge on any atom is -0.278 e. The smallest absolute Gasteiger partial charge is 0.278 e. The summed E-state index contributed by atoms with van der Waals surface area (Å²) >= 11 is 1.55. The van der Waals surface area contributed by atoms with Crippen molar-refractivity contribution in [1.29, 1.82) is 0 Å². The van der Waals surface area contributed by atoms with E-state index >= 15 is 0 Å². The van der Waals surface area contributed by atoms with Crippen LogP contribution in [0, 0.1) is 0 Å². The Balaban J connectivity index is 1.80. The van der Waals surface area contributed by atoms with Gasteiger partial charge in [0.05, 0.1) is 16.8 Å². The van der Waals surface area contributed by atoms with E-state index in [1.165, 1.54) is 5.56 Å². The van der Waals surface area contributed by atoms with Crippen LogP contribution in [0.2, 0.25) is 0 Å². The molecule has 0 radical (unpaired) electrons. The molecule has 0 spiro atoms. The minimum atomic E-state index is -0.101. The van der Waals surface area contributed by atoms with Gasteiger partial charge in [-0.15, -0.1) is 0 Å². The van der Waals surface area contributed by atoms with Gasteiger partial charge in [0, 0.05) is 13.2 Å². The minimum absolute atomic E-state index is 0.101. The Kier molecular flexibility index (Phi) is 4.73. The van der Waals surface area contributed by atoms with E-state index in [-0.39, 0.29) is 5.91 Å². The summed E-state index contributed by atoms with van der Waals surface area (Å²) in [5.74, 6) is -0.101. The van der Waals surface area contributed by atoms with E-state index < -0.39 is 0 Å². The molecule has 136 valence electrons. The zero-order valence-corrected chi connectivity index (χ0v) is 16.1. The van der Waals surface area contributed by atoms with Gasteiger partial charge in [-0.3, -0.25) is 14.4 Å². The molecule has 1 amide bonds. The first-order valence-electron chi connectivity index (χ1n) is 8.89. The van der Waals surface area contributed by atoms with E-state index in [0.717, 1.165) is 22.2 Å². The first-order valence-corrected chi connectivity index (χ1v) is 9.71. The molecule has 6 heteroatoms. The van der Waals surface area contributed by atoms with Crippen LogP contribution in [0.4, 0.5) is 5.13 Å². The highest BCUT2D eigenvalue weighted by molar-refractivity contribution is 7.22. The monoisotopic (exact) mass is 376 g/mol. The summed E-state index contributed by atoms with van der Waals surface area (Å²) in [4.78, 5) is 19.9. The van der Waals surface area contributed by atoms with E-state index in [1.807, 2.05) is 36.4 Å². The number of carbonyl (C=O) groups is 1. The van der Waals surface area contributed by atoms with E-state index in [1.54, 1.807) is 40.2 Å². The van der Waals surface area contributed by atoms with Gasteiger partial charge in [-0.1, -0.05) is 60.7 Å². The van der Waals surface area contributed by atoms with Crippen molar-refractivity contribution in [2.75, 3.05) is 4.90 Å². The van der Waals surface area contributed by atoms with Crippen molar-refractivity contribution in [3.63, 3.8) is 0 Å². The van der Waals surface area contributed by atoms with E-state index in [4.69, 9.17) is 4.98 Å². The number of aromatic nitrogens is 3. The molecule has 4 aromatic rings. The van der Waals surface area contributed by atoms with Gasteiger partial charge in [-0.05, 0) is 29.7 Å². The average molecular weight is 376 g/mol. The predicted octanol–water partition coefficient (Wildman–Crippen LogP) is 4.44. The lowest BCUT2D eigenvalue weighted by molar-refractivity contribution is 0.0976. The van der Waals surface area contributed by atoms with Crippen LogP contribution in [0.3, 0.4) is 0 Å². The van der Waals surface area contributed by atoms with Crippen LogP contribution < -0.4 is 4.90 Å². The molecule has 4 rings (SSSR count). The fourth-order valence-electron chi connectivity index (χ4n) is 3.11. The van der Waals surface area contributed by atoms with Crippen LogP contribution in [0.25, 0.3) is 10.2 Å². The summed E-state index contributed by atoms with van der Waals surface area (Å²) in [6.45, 7) is 2.59. The average Bonchev–Trinajstić information content (AvgIpc) is 3.32. The summed E-state index contributed by atoms with van der Waals surface area (Å²) < 4.78 is 2.70. The van der Waals surface area contributed by atoms with Gasteiger partial charge in [-0.2, -0.15) is 5.10 Å². The first kappa shape index (κ1) is 17.4. The van der Waals surface area contributed by atoms with Gasteiger partial charge in [0.2, 0.25) is 0 Å². The Labute approximate surface area is 161 Å². The Bertz CT molecular complexity index is 1080. The molecule has 0 bridgehead atoms. The maximum atomic E-state index is 13.3. The molecule has 5 nitrogen and oxygen atoms in total. The molecule has 0 atom stereocenters. The Morgan fingerprint density at radius 1 is 1.11 bits per heavy atom. The van der Waals surface area contributed by atoms with Crippen molar-refractivity contribution in [3.8, 4) is 0 Å². The third kappa shape index (κ3) is 3.36. The largest absolute Gasteiger partial charge is 0.278 e. The van der Waals surface area contributed by atoms with Gasteiger partial charge in [-0.25, -0.2) is 4.98 Å². The Morgan fingerprint density at radius 2 is 1.93 bits per heavy atom. The lowest BCUT2D eigenvalue weighted by Gasteiger charge is -2.20. The second-order valence-electron chi connectivity index (χ2n) is 6.33. The van der Waals surface area contributed by atoms with Crippen LogP contribution in [0.1, 0.15) is 28.5 Å². The van der Waals surface area contributed by atoms with Crippen molar-refractivity contribution < 1.29 is 4.79 Å². The number of para-hydroxylation sites is 1. The first-order chi connectivity index (χ1) is 13.2. The fraction of sp³-hybridized carbons (Fsp3) is 0.190. The highest BCUT2D eigenvalue weighted by atomic mass is 32.1. The highest BCUT2D eigenvalue weighted by Crippen LogP contribution is 2.32. The van der Waals surface area contributed by atoms with Gasteiger partial charge < -0.3 is 0 Å². The van der Waals surface area contributed by atoms with Crippen LogP contribution in [-0.4, -0.2) is 20.7 Å². The molecular weight excluding hydrogens is 356 g/mol. The molecule has 0 unspecified atom stereocenters. The summed E-state index contributed by atoms with van der Waals surface area (Å²) in [6.07, 6.45) is 2.55. The van der Waals surface area contributed by atoms with Gasteiger partial charge in [0.25, 0.3) is 5.91 Å². The number of anilines is 1. The fourth-order valence-corrected chi connectivity index (χ4v) is 4.12. The Morgan fingerprint density at radius 3 is 2.63 bits per heavy atom.